The molecule has 0 aliphatic rings. The summed E-state index contributed by atoms with van der Waals surface area (Å²) in [5.41, 5.74) is 9.15. The van der Waals surface area contributed by atoms with Crippen LogP contribution in [0.5, 0.6) is 0 Å². The Morgan fingerprint density at radius 1 is 1.24 bits per heavy atom. The fraction of sp³-hybridized carbons (Fsp3) is 0.263. The monoisotopic (exact) mass is 339 g/mol. The number of aromatic amines is 1. The van der Waals surface area contributed by atoms with Crippen molar-refractivity contribution in [3.63, 3.8) is 0 Å². The number of aromatic nitrogens is 1. The lowest BCUT2D eigenvalue weighted by Crippen LogP contribution is -2.42. The smallest absolute Gasteiger partial charge is 0.286 e. The number of carbonyl (C=O) groups is 2. The predicted molar refractivity (Wildman–Crippen MR) is 95.1 cm³/mol. The molecular formula is C19H21N3O3. The SMILES string of the molecule is Cc1cc2occ(CC(=O)NNC(=O)c3ccc[nH]3)c2cc1C(C)C. The van der Waals surface area contributed by atoms with Gasteiger partial charge in [0, 0.05) is 17.1 Å². The van der Waals surface area contributed by atoms with E-state index < -0.39 is 5.91 Å². The first-order chi connectivity index (χ1) is 12.0. The van der Waals surface area contributed by atoms with Crippen molar-refractivity contribution in [2.24, 2.45) is 0 Å². The van der Waals surface area contributed by atoms with Gasteiger partial charge < -0.3 is 9.40 Å². The summed E-state index contributed by atoms with van der Waals surface area (Å²) in [7, 11) is 0. The predicted octanol–water partition coefficient (Wildman–Crippen LogP) is 3.20. The van der Waals surface area contributed by atoms with Crippen molar-refractivity contribution >= 4 is 22.8 Å². The van der Waals surface area contributed by atoms with E-state index in [0.29, 0.717) is 11.6 Å². The molecule has 0 saturated carbocycles. The summed E-state index contributed by atoms with van der Waals surface area (Å²) in [5, 5.41) is 0.931. The number of H-pyrrole nitrogens is 1. The minimum atomic E-state index is -0.395. The first-order valence-corrected chi connectivity index (χ1v) is 8.19. The zero-order chi connectivity index (χ0) is 18.0. The molecule has 3 rings (SSSR count). The first kappa shape index (κ1) is 16.8. The number of benzene rings is 1. The zero-order valence-electron chi connectivity index (χ0n) is 14.5. The van der Waals surface area contributed by atoms with Crippen LogP contribution in [0.4, 0.5) is 0 Å². The van der Waals surface area contributed by atoms with Crippen LogP contribution in [-0.2, 0) is 11.2 Å². The number of hydrogen-bond acceptors (Lipinski definition) is 3. The van der Waals surface area contributed by atoms with E-state index in [1.807, 2.05) is 6.07 Å². The molecule has 2 heterocycles. The zero-order valence-corrected chi connectivity index (χ0v) is 14.5. The third-order valence-electron chi connectivity index (χ3n) is 4.17. The summed E-state index contributed by atoms with van der Waals surface area (Å²) < 4.78 is 5.58. The Morgan fingerprint density at radius 2 is 2.04 bits per heavy atom. The average molecular weight is 339 g/mol. The molecule has 6 nitrogen and oxygen atoms in total. The molecule has 0 aliphatic heterocycles. The van der Waals surface area contributed by atoms with Gasteiger partial charge in [0.1, 0.15) is 11.3 Å². The van der Waals surface area contributed by atoms with E-state index in [4.69, 9.17) is 4.42 Å². The van der Waals surface area contributed by atoms with Gasteiger partial charge in [-0.1, -0.05) is 13.8 Å². The van der Waals surface area contributed by atoms with Crippen LogP contribution in [0.25, 0.3) is 11.0 Å². The minimum absolute atomic E-state index is 0.124. The number of nitrogens with one attached hydrogen (secondary N) is 3. The van der Waals surface area contributed by atoms with Gasteiger partial charge in [0.2, 0.25) is 5.91 Å². The molecule has 2 aromatic heterocycles. The average Bonchev–Trinajstić information content (AvgIpc) is 3.22. The summed E-state index contributed by atoms with van der Waals surface area (Å²) in [6.07, 6.45) is 3.36. The largest absolute Gasteiger partial charge is 0.464 e. The van der Waals surface area contributed by atoms with Crippen molar-refractivity contribution in [2.75, 3.05) is 0 Å². The first-order valence-electron chi connectivity index (χ1n) is 8.19. The quantitative estimate of drug-likeness (QED) is 0.638. The van der Waals surface area contributed by atoms with Crippen LogP contribution >= 0.6 is 0 Å². The molecule has 0 bridgehead atoms. The van der Waals surface area contributed by atoms with Crippen molar-refractivity contribution in [3.8, 4) is 0 Å². The molecule has 6 heteroatoms. The number of furan rings is 1. The molecule has 1 aromatic carbocycles. The summed E-state index contributed by atoms with van der Waals surface area (Å²) in [6.45, 7) is 6.33. The highest BCUT2D eigenvalue weighted by molar-refractivity contribution is 5.94. The van der Waals surface area contributed by atoms with Gasteiger partial charge in [0.15, 0.2) is 0 Å². The Labute approximate surface area is 145 Å². The van der Waals surface area contributed by atoms with Crippen molar-refractivity contribution < 1.29 is 14.0 Å². The molecule has 0 radical (unpaired) electrons. The Morgan fingerprint density at radius 3 is 2.72 bits per heavy atom. The molecule has 0 fully saturated rings. The lowest BCUT2D eigenvalue weighted by molar-refractivity contribution is -0.121. The second kappa shape index (κ2) is 6.84. The van der Waals surface area contributed by atoms with Gasteiger partial charge in [-0.3, -0.25) is 20.4 Å². The number of hydrogen-bond donors (Lipinski definition) is 3. The van der Waals surface area contributed by atoms with Crippen LogP contribution in [0.1, 0.15) is 46.9 Å². The van der Waals surface area contributed by atoms with Gasteiger partial charge in [0.25, 0.3) is 5.91 Å². The normalized spacial score (nSPS) is 11.0. The lowest BCUT2D eigenvalue weighted by atomic mass is 9.95. The van der Waals surface area contributed by atoms with Crippen LogP contribution < -0.4 is 10.9 Å². The van der Waals surface area contributed by atoms with Crippen molar-refractivity contribution in [1.82, 2.24) is 15.8 Å². The third-order valence-corrected chi connectivity index (χ3v) is 4.17. The fourth-order valence-electron chi connectivity index (χ4n) is 2.89. The number of fused-ring (bicyclic) bond motifs is 1. The summed E-state index contributed by atoms with van der Waals surface area (Å²) in [5.74, 6) is -0.316. The van der Waals surface area contributed by atoms with Crippen LogP contribution in [0.2, 0.25) is 0 Å². The fourth-order valence-corrected chi connectivity index (χ4v) is 2.89. The maximum absolute atomic E-state index is 12.1. The van der Waals surface area contributed by atoms with E-state index in [1.165, 1.54) is 11.1 Å². The highest BCUT2D eigenvalue weighted by Crippen LogP contribution is 2.29. The Hall–Kier alpha value is -3.02. The van der Waals surface area contributed by atoms with Gasteiger partial charge >= 0.3 is 0 Å². The summed E-state index contributed by atoms with van der Waals surface area (Å²) >= 11 is 0. The highest BCUT2D eigenvalue weighted by atomic mass is 16.3. The Bertz CT molecular complexity index is 908. The molecule has 0 spiro atoms. The van der Waals surface area contributed by atoms with E-state index in [9.17, 15) is 9.59 Å². The molecule has 0 aliphatic carbocycles. The summed E-state index contributed by atoms with van der Waals surface area (Å²) in [6, 6.07) is 7.42. The molecule has 3 aromatic rings. The Kier molecular flexibility index (Phi) is 4.61. The molecule has 25 heavy (non-hydrogen) atoms. The number of rotatable bonds is 4. The van der Waals surface area contributed by atoms with Gasteiger partial charge in [-0.15, -0.1) is 0 Å². The van der Waals surface area contributed by atoms with E-state index in [2.05, 4.69) is 42.7 Å². The molecule has 0 unspecified atom stereocenters. The number of aryl methyl sites for hydroxylation is 1. The van der Waals surface area contributed by atoms with Crippen molar-refractivity contribution in [2.45, 2.75) is 33.1 Å². The number of hydrazine groups is 1. The number of amides is 2. The van der Waals surface area contributed by atoms with Crippen LogP contribution in [0.15, 0.2) is 41.1 Å². The van der Waals surface area contributed by atoms with E-state index in [0.717, 1.165) is 16.5 Å². The highest BCUT2D eigenvalue weighted by Gasteiger charge is 2.14. The van der Waals surface area contributed by atoms with E-state index in [-0.39, 0.29) is 12.3 Å². The summed E-state index contributed by atoms with van der Waals surface area (Å²) in [4.78, 5) is 26.7. The van der Waals surface area contributed by atoms with Gasteiger partial charge in [-0.2, -0.15) is 0 Å². The standard InChI is InChI=1S/C19H21N3O3/c1-11(2)14-9-15-13(10-25-17(15)7-12(14)3)8-18(23)21-22-19(24)16-5-4-6-20-16/h4-7,9-11,20H,8H2,1-3H3,(H,21,23)(H,22,24). The van der Waals surface area contributed by atoms with Gasteiger partial charge in [0.05, 0.1) is 12.7 Å². The molecule has 0 atom stereocenters. The van der Waals surface area contributed by atoms with Crippen molar-refractivity contribution in [3.05, 3.63) is 59.1 Å². The maximum atomic E-state index is 12.1. The molecule has 130 valence electrons. The van der Waals surface area contributed by atoms with Crippen LogP contribution in [0, 0.1) is 6.92 Å². The number of carbonyl (C=O) groups excluding carboxylic acids is 2. The third kappa shape index (κ3) is 3.57. The van der Waals surface area contributed by atoms with Gasteiger partial charge in [-0.25, -0.2) is 0 Å². The van der Waals surface area contributed by atoms with Crippen LogP contribution in [0.3, 0.4) is 0 Å². The van der Waals surface area contributed by atoms with Crippen molar-refractivity contribution in [1.29, 1.82) is 0 Å². The Balaban J connectivity index is 1.71. The van der Waals surface area contributed by atoms with Crippen LogP contribution in [-0.4, -0.2) is 16.8 Å². The second-order valence-electron chi connectivity index (χ2n) is 6.38. The lowest BCUT2D eigenvalue weighted by Gasteiger charge is -2.10. The molecule has 2 amide bonds. The maximum Gasteiger partial charge on any atom is 0.286 e. The molecule has 3 N–H and O–H groups in total. The molecule has 0 saturated heterocycles. The van der Waals surface area contributed by atoms with Gasteiger partial charge in [-0.05, 0) is 48.2 Å². The molecular weight excluding hydrogens is 318 g/mol. The van der Waals surface area contributed by atoms with E-state index in [1.54, 1.807) is 24.6 Å². The van der Waals surface area contributed by atoms with E-state index >= 15 is 0 Å². The minimum Gasteiger partial charge on any atom is -0.464 e. The topological polar surface area (TPSA) is 87.1 Å². The second-order valence-corrected chi connectivity index (χ2v) is 6.38.